The molecule has 21 heteroatoms. The first kappa shape index (κ1) is 64.1. The fraction of sp³-hybridized carbons (Fsp3) is 0.836. The second-order valence-electron chi connectivity index (χ2n) is 23.3. The number of likely N-dealkylation sites (N-methyl/N-ethyl adjacent to an activating group) is 1. The van der Waals surface area contributed by atoms with Gasteiger partial charge in [0.05, 0.1) is 71.4 Å². The summed E-state index contributed by atoms with van der Waals surface area (Å²) in [5.41, 5.74) is 5.15. The number of benzene rings is 1. The molecule has 4 heterocycles. The van der Waals surface area contributed by atoms with Crippen molar-refractivity contribution < 1.29 is 66.1 Å². The van der Waals surface area contributed by atoms with E-state index in [9.17, 15) is 32.9 Å². The number of cyclic esters (lactones) is 1. The van der Waals surface area contributed by atoms with Crippen molar-refractivity contribution in [3.63, 3.8) is 0 Å². The van der Waals surface area contributed by atoms with Crippen molar-refractivity contribution in [3.8, 4) is 0 Å². The van der Waals surface area contributed by atoms with Crippen LogP contribution in [0.1, 0.15) is 126 Å². The molecule has 4 aliphatic rings. The number of aliphatic hydroxyl groups excluding tert-OH is 1. The van der Waals surface area contributed by atoms with E-state index in [0.717, 1.165) is 0 Å². The van der Waals surface area contributed by atoms with Crippen LogP contribution in [-0.4, -0.2) is 196 Å². The molecule has 4 fully saturated rings. The third kappa shape index (κ3) is 15.8. The second kappa shape index (κ2) is 27.6. The summed E-state index contributed by atoms with van der Waals surface area (Å²) in [5.74, 6) is -2.61. The number of sulfonamides is 1. The normalized spacial score (nSPS) is 38.4. The van der Waals surface area contributed by atoms with Crippen LogP contribution in [0.15, 0.2) is 46.2 Å². The van der Waals surface area contributed by atoms with Crippen molar-refractivity contribution in [2.75, 3.05) is 74.4 Å². The van der Waals surface area contributed by atoms with Gasteiger partial charge in [0.1, 0.15) is 30.6 Å². The first-order valence-corrected chi connectivity index (χ1v) is 28.9. The maximum atomic E-state index is 14.7. The van der Waals surface area contributed by atoms with Crippen LogP contribution in [-0.2, 0) is 48.0 Å². The van der Waals surface area contributed by atoms with Crippen LogP contribution in [0.4, 0.5) is 4.39 Å². The molecule has 76 heavy (non-hydrogen) atoms. The topological polar surface area (TPSA) is 234 Å². The lowest BCUT2D eigenvalue weighted by Crippen LogP contribution is -2.59. The van der Waals surface area contributed by atoms with Gasteiger partial charge in [0, 0.05) is 90.3 Å². The summed E-state index contributed by atoms with van der Waals surface area (Å²) in [6.45, 7) is 20.1. The number of aliphatic hydroxyl groups is 3. The third-order valence-corrected chi connectivity index (χ3v) is 18.9. The Balaban J connectivity index is 1.37. The number of ether oxygens (including phenoxy) is 7. The Morgan fingerprint density at radius 1 is 1.01 bits per heavy atom. The van der Waals surface area contributed by atoms with Gasteiger partial charge in [0.15, 0.2) is 6.29 Å². The number of halogens is 1. The zero-order valence-corrected chi connectivity index (χ0v) is 48.8. The summed E-state index contributed by atoms with van der Waals surface area (Å²) < 4.78 is 86.5. The molecule has 4 saturated heterocycles. The quantitative estimate of drug-likeness (QED) is 0.0813. The van der Waals surface area contributed by atoms with Crippen LogP contribution in [0.25, 0.3) is 0 Å². The lowest BCUT2D eigenvalue weighted by Gasteiger charge is -2.50. The van der Waals surface area contributed by atoms with Gasteiger partial charge in [-0.3, -0.25) is 4.79 Å². The average Bonchev–Trinajstić information content (AvgIpc) is 3.37. The summed E-state index contributed by atoms with van der Waals surface area (Å²) in [6, 6.07) is 4.77. The largest absolute Gasteiger partial charge is 0.459 e. The molecule has 0 amide bonds. The minimum atomic E-state index is -3.72. The van der Waals surface area contributed by atoms with Gasteiger partial charge >= 0.3 is 5.97 Å². The molecule has 0 saturated carbocycles. The average molecular weight is 1100 g/mol. The number of esters is 1. The number of carbonyl (C=O) groups is 1. The van der Waals surface area contributed by atoms with E-state index in [4.69, 9.17) is 38.7 Å². The maximum absolute atomic E-state index is 14.7. The molecule has 0 radical (unpaired) electrons. The predicted molar refractivity (Wildman–Crippen MR) is 285 cm³/mol. The first-order chi connectivity index (χ1) is 35.7. The SMILES string of the molecule is CC[C@H]1OC(=O)[C@H](C)C([C@H]2C[C@@](C)(OC)C[C@H](C)O2)[C@H](C)[C@@H](O[C@H]2C[C@@H](N(C)CC/C(=C/N[C@H](CF)[C@H](OC)c3ccc(S(=O)(=O)N4CCOCC4)cc3)N=N)C[C@@H](C)O2)[C@](C)(O)C[C@@H](C)CN(C)[C@H](C)[C@@H](O)[C@]1(C)O. The number of methoxy groups -OCH3 is 2. The van der Waals surface area contributed by atoms with Crippen molar-refractivity contribution in [1.29, 1.82) is 5.53 Å². The van der Waals surface area contributed by atoms with E-state index < -0.39 is 106 Å². The van der Waals surface area contributed by atoms with Crippen molar-refractivity contribution >= 4 is 16.0 Å². The smallest absolute Gasteiger partial charge is 0.309 e. The Hall–Kier alpha value is -2.77. The van der Waals surface area contributed by atoms with Gasteiger partial charge in [-0.2, -0.15) is 9.42 Å². The molecule has 1 unspecified atom stereocenters. The minimum Gasteiger partial charge on any atom is -0.459 e. The van der Waals surface area contributed by atoms with E-state index in [0.29, 0.717) is 69.7 Å². The highest BCUT2D eigenvalue weighted by Gasteiger charge is 2.53. The third-order valence-electron chi connectivity index (χ3n) is 17.0. The van der Waals surface area contributed by atoms with E-state index in [1.165, 1.54) is 36.7 Å². The molecule has 1 aromatic carbocycles. The number of nitrogens with one attached hydrogen (secondary N) is 2. The van der Waals surface area contributed by atoms with Crippen LogP contribution in [0, 0.1) is 29.2 Å². The van der Waals surface area contributed by atoms with Gasteiger partial charge in [-0.1, -0.05) is 39.8 Å². The van der Waals surface area contributed by atoms with Gasteiger partial charge in [0.2, 0.25) is 10.0 Å². The lowest BCUT2D eigenvalue weighted by atomic mass is 9.69. The van der Waals surface area contributed by atoms with Crippen molar-refractivity contribution in [2.24, 2.45) is 28.8 Å². The molecule has 4 aliphatic heterocycles. The molecule has 0 aromatic heterocycles. The Labute approximate surface area is 453 Å². The number of carbonyl (C=O) groups excluding carboxylic acids is 1. The van der Waals surface area contributed by atoms with Gasteiger partial charge < -0.3 is 63.6 Å². The Morgan fingerprint density at radius 2 is 1.67 bits per heavy atom. The van der Waals surface area contributed by atoms with Crippen LogP contribution < -0.4 is 5.32 Å². The number of nitrogens with zero attached hydrogens (tertiary/aromatic N) is 4. The first-order valence-electron chi connectivity index (χ1n) is 27.5. The predicted octanol–water partition coefficient (Wildman–Crippen LogP) is 6.20. The molecular formula is C55H95FN6O13S. The molecule has 0 aliphatic carbocycles. The summed E-state index contributed by atoms with van der Waals surface area (Å²) >= 11 is 0. The molecule has 0 bridgehead atoms. The van der Waals surface area contributed by atoms with E-state index in [2.05, 4.69) is 15.3 Å². The summed E-state index contributed by atoms with van der Waals surface area (Å²) in [4.78, 5) is 18.9. The molecule has 436 valence electrons. The van der Waals surface area contributed by atoms with E-state index in [1.54, 1.807) is 33.1 Å². The van der Waals surface area contributed by atoms with Gasteiger partial charge in [-0.25, -0.2) is 18.3 Å². The Kier molecular flexibility index (Phi) is 23.3. The summed E-state index contributed by atoms with van der Waals surface area (Å²) in [5, 5.41) is 43.4. The zero-order valence-electron chi connectivity index (χ0n) is 47.9. The van der Waals surface area contributed by atoms with Crippen molar-refractivity contribution in [1.82, 2.24) is 19.4 Å². The summed E-state index contributed by atoms with van der Waals surface area (Å²) in [7, 11) is 3.27. The maximum Gasteiger partial charge on any atom is 0.309 e. The minimum absolute atomic E-state index is 0.0587. The molecule has 1 aromatic rings. The van der Waals surface area contributed by atoms with Crippen LogP contribution in [0.5, 0.6) is 0 Å². The molecule has 0 spiro atoms. The number of morpholine rings is 1. The molecule has 5 rings (SSSR count). The van der Waals surface area contributed by atoms with Crippen molar-refractivity contribution in [3.05, 3.63) is 41.7 Å². The molecule has 19 nitrogen and oxygen atoms in total. The monoisotopic (exact) mass is 1100 g/mol. The highest BCUT2D eigenvalue weighted by Crippen LogP contribution is 2.45. The van der Waals surface area contributed by atoms with Gasteiger partial charge in [-0.15, -0.1) is 0 Å². The van der Waals surface area contributed by atoms with E-state index in [1.807, 2.05) is 67.5 Å². The lowest BCUT2D eigenvalue weighted by molar-refractivity contribution is -0.271. The van der Waals surface area contributed by atoms with Crippen LogP contribution >= 0.6 is 0 Å². The number of alkyl halides is 1. The Morgan fingerprint density at radius 3 is 2.26 bits per heavy atom. The zero-order chi connectivity index (χ0) is 56.5. The fourth-order valence-corrected chi connectivity index (χ4v) is 14.0. The van der Waals surface area contributed by atoms with Crippen LogP contribution in [0.2, 0.25) is 0 Å². The molecule has 18 atom stereocenters. The highest BCUT2D eigenvalue weighted by atomic mass is 32.2. The van der Waals surface area contributed by atoms with Crippen LogP contribution in [0.3, 0.4) is 0 Å². The van der Waals surface area contributed by atoms with E-state index in [-0.39, 0.29) is 55.0 Å². The number of hydrogen-bond donors (Lipinski definition) is 5. The fourth-order valence-electron chi connectivity index (χ4n) is 12.6. The van der Waals surface area contributed by atoms with E-state index >= 15 is 0 Å². The van der Waals surface area contributed by atoms with Crippen molar-refractivity contribution in [2.45, 2.75) is 203 Å². The Bertz CT molecular complexity index is 2140. The number of rotatable bonds is 18. The van der Waals surface area contributed by atoms with Gasteiger partial charge in [0.25, 0.3) is 0 Å². The highest BCUT2D eigenvalue weighted by molar-refractivity contribution is 7.89. The second-order valence-corrected chi connectivity index (χ2v) is 25.3. The summed E-state index contributed by atoms with van der Waals surface area (Å²) in [6.07, 6.45) is -1.12. The molecular weight excluding hydrogens is 1000 g/mol. The van der Waals surface area contributed by atoms with Gasteiger partial charge in [-0.05, 0) is 104 Å². The molecule has 5 N–H and O–H groups in total. The number of hydrogen-bond acceptors (Lipinski definition) is 18. The standard InChI is InChI=1S/C55H95FN6O13S/c1-15-46-55(10,66)50(63)39(7)61(12)33-34(2)28-54(9,65)51(37(5)48(38(6)52(64)74-46)45-30-53(8,70-14)29-36(4)72-45)75-47-27-42(26-35(3)73-47)60(11)21-20-41(59-57)32-58-44(31-56)49(69-13)40-16-18-43(19-17-40)76(67,68)62-22-24-71-25-23-62/h16-19,32,34-39,42,44-51,57-58,63,65-66H,15,20-31,33H2,1-14H3/b41-32-,59-57?/t34-,35-,36+,37+,38-,39-,42+,44-,45-,46-,47+,48?,49-,50-,51-,53+,54-,55-/m1/s1.